The highest BCUT2D eigenvalue weighted by Crippen LogP contribution is 2.06. The van der Waals surface area contributed by atoms with Crippen LogP contribution >= 0.6 is 0 Å². The first-order valence-electron chi connectivity index (χ1n) is 3.69. The van der Waals surface area contributed by atoms with Crippen LogP contribution in [-0.4, -0.2) is 12.6 Å². The molecule has 2 nitrogen and oxygen atoms in total. The van der Waals surface area contributed by atoms with Gasteiger partial charge in [-0.2, -0.15) is 0 Å². The Balaban J connectivity index is 3.34. The lowest BCUT2D eigenvalue weighted by Gasteiger charge is -2.10. The fraction of sp³-hybridized carbons (Fsp3) is 0.750. The van der Waals surface area contributed by atoms with Crippen molar-refractivity contribution in [2.24, 2.45) is 5.92 Å². The van der Waals surface area contributed by atoms with Gasteiger partial charge in [-0.25, -0.2) is 0 Å². The third-order valence-corrected chi connectivity index (χ3v) is 1.63. The van der Waals surface area contributed by atoms with Gasteiger partial charge in [0, 0.05) is 0 Å². The van der Waals surface area contributed by atoms with Gasteiger partial charge < -0.3 is 4.74 Å². The third-order valence-electron chi connectivity index (χ3n) is 1.63. The van der Waals surface area contributed by atoms with Gasteiger partial charge in [0.1, 0.15) is 0 Å². The summed E-state index contributed by atoms with van der Waals surface area (Å²) in [5.74, 6) is 0.0811. The average Bonchev–Trinajstić information content (AvgIpc) is 1.90. The van der Waals surface area contributed by atoms with E-state index in [0.29, 0.717) is 12.5 Å². The second kappa shape index (κ2) is 5.27. The molecule has 0 unspecified atom stereocenters. The van der Waals surface area contributed by atoms with Crippen LogP contribution in [-0.2, 0) is 9.53 Å². The molecule has 0 bridgehead atoms. The second-order valence-corrected chi connectivity index (χ2v) is 2.37. The third kappa shape index (κ3) is 4.36. The molecular weight excluding hydrogens is 128 g/mol. The molecule has 10 heavy (non-hydrogen) atoms. The Kier molecular flexibility index (Phi) is 4.99. The maximum atomic E-state index is 10.2. The molecule has 1 radical (unpaired) electrons. The van der Waals surface area contributed by atoms with Gasteiger partial charge in [-0.05, 0) is 5.92 Å². The summed E-state index contributed by atoms with van der Waals surface area (Å²) in [5.41, 5.74) is 0. The van der Waals surface area contributed by atoms with E-state index in [1.165, 1.54) is 0 Å². The summed E-state index contributed by atoms with van der Waals surface area (Å²) < 4.78 is 4.74. The predicted molar refractivity (Wildman–Crippen MR) is 40.4 cm³/mol. The van der Waals surface area contributed by atoms with Crippen molar-refractivity contribution >= 4 is 5.97 Å². The van der Waals surface area contributed by atoms with Crippen LogP contribution in [0.4, 0.5) is 0 Å². The Morgan fingerprint density at radius 2 is 2.00 bits per heavy atom. The lowest BCUT2D eigenvalue weighted by atomic mass is 10.1. The molecule has 0 amide bonds. The van der Waals surface area contributed by atoms with Crippen LogP contribution in [0.3, 0.4) is 0 Å². The fourth-order valence-electron chi connectivity index (χ4n) is 0.735. The highest BCUT2D eigenvalue weighted by atomic mass is 16.5. The summed E-state index contributed by atoms with van der Waals surface area (Å²) in [7, 11) is 0. The van der Waals surface area contributed by atoms with E-state index in [1.807, 2.05) is 0 Å². The van der Waals surface area contributed by atoms with Crippen LogP contribution < -0.4 is 0 Å². The maximum absolute atomic E-state index is 10.2. The van der Waals surface area contributed by atoms with Gasteiger partial charge in [-0.1, -0.05) is 26.7 Å². The molecule has 0 atom stereocenters. The van der Waals surface area contributed by atoms with Crippen molar-refractivity contribution in [3.8, 4) is 0 Å². The summed E-state index contributed by atoms with van der Waals surface area (Å²) in [5, 5.41) is 0. The van der Waals surface area contributed by atoms with Crippen molar-refractivity contribution in [2.75, 3.05) is 6.61 Å². The fourth-order valence-corrected chi connectivity index (χ4v) is 0.735. The van der Waals surface area contributed by atoms with Crippen LogP contribution in [0.15, 0.2) is 0 Å². The van der Waals surface area contributed by atoms with Crippen LogP contribution in [0.1, 0.15) is 26.7 Å². The minimum absolute atomic E-state index is 0.424. The summed E-state index contributed by atoms with van der Waals surface area (Å²) in [6.45, 7) is 7.82. The molecule has 0 aliphatic carbocycles. The van der Waals surface area contributed by atoms with Gasteiger partial charge in [0.05, 0.1) is 13.5 Å². The zero-order valence-corrected chi connectivity index (χ0v) is 6.72. The Bertz CT molecular complexity index is 95.4. The highest BCUT2D eigenvalue weighted by molar-refractivity contribution is 5.73. The molecule has 0 aliphatic heterocycles. The Morgan fingerprint density at radius 1 is 1.50 bits per heavy atom. The average molecular weight is 143 g/mol. The van der Waals surface area contributed by atoms with Gasteiger partial charge in [0.2, 0.25) is 0 Å². The molecule has 0 aliphatic rings. The number of hydrogen-bond acceptors (Lipinski definition) is 2. The zero-order valence-electron chi connectivity index (χ0n) is 6.72. The molecule has 0 fully saturated rings. The predicted octanol–water partition coefficient (Wildman–Crippen LogP) is 1.80. The standard InChI is InChI=1S/C8H15O2/c1-4-8(5-2)6-10-7(3)9/h8H,3-6H2,1-2H3. The molecule has 0 aromatic rings. The molecule has 0 saturated carbocycles. The van der Waals surface area contributed by atoms with E-state index in [4.69, 9.17) is 4.74 Å². The molecule has 0 rings (SSSR count). The monoisotopic (exact) mass is 143 g/mol. The lowest BCUT2D eigenvalue weighted by molar-refractivity contribution is -0.139. The van der Waals surface area contributed by atoms with Gasteiger partial charge in [-0.3, -0.25) is 4.79 Å². The Hall–Kier alpha value is -0.530. The maximum Gasteiger partial charge on any atom is 0.306 e. The van der Waals surface area contributed by atoms with E-state index in [1.54, 1.807) is 0 Å². The largest absolute Gasteiger partial charge is 0.465 e. The normalized spacial score (nSPS) is 10.0. The smallest absolute Gasteiger partial charge is 0.306 e. The summed E-state index contributed by atoms with van der Waals surface area (Å²) in [4.78, 5) is 10.2. The van der Waals surface area contributed by atoms with E-state index >= 15 is 0 Å². The van der Waals surface area contributed by atoms with Gasteiger partial charge in [0.25, 0.3) is 0 Å². The van der Waals surface area contributed by atoms with Gasteiger partial charge >= 0.3 is 5.97 Å². The first-order valence-corrected chi connectivity index (χ1v) is 3.69. The zero-order chi connectivity index (χ0) is 7.98. The first kappa shape index (κ1) is 9.47. The van der Waals surface area contributed by atoms with E-state index in [9.17, 15) is 4.79 Å². The number of rotatable bonds is 4. The summed E-state index contributed by atoms with van der Waals surface area (Å²) in [6, 6.07) is 0. The van der Waals surface area contributed by atoms with Crippen molar-refractivity contribution in [2.45, 2.75) is 26.7 Å². The van der Waals surface area contributed by atoms with Gasteiger partial charge in [0.15, 0.2) is 0 Å². The lowest BCUT2D eigenvalue weighted by Crippen LogP contribution is -2.10. The molecule has 0 saturated heterocycles. The molecule has 0 heterocycles. The van der Waals surface area contributed by atoms with E-state index < -0.39 is 5.97 Å². The molecular formula is C8H15O2. The molecule has 0 aromatic heterocycles. The Labute approximate surface area is 62.6 Å². The van der Waals surface area contributed by atoms with Crippen molar-refractivity contribution in [1.29, 1.82) is 0 Å². The van der Waals surface area contributed by atoms with Crippen molar-refractivity contribution < 1.29 is 9.53 Å². The van der Waals surface area contributed by atoms with E-state index in [-0.39, 0.29) is 0 Å². The SMILES string of the molecule is [CH2]C(=O)OCC(CC)CC. The minimum atomic E-state index is -0.424. The number of esters is 1. The number of ether oxygens (including phenoxy) is 1. The van der Waals surface area contributed by atoms with Gasteiger partial charge in [-0.15, -0.1) is 0 Å². The molecule has 0 N–H and O–H groups in total. The van der Waals surface area contributed by atoms with Crippen LogP contribution in [0.2, 0.25) is 0 Å². The second-order valence-electron chi connectivity index (χ2n) is 2.37. The van der Waals surface area contributed by atoms with E-state index in [2.05, 4.69) is 20.8 Å². The number of carbonyl (C=O) groups is 1. The molecule has 0 spiro atoms. The molecule has 59 valence electrons. The van der Waals surface area contributed by atoms with Crippen molar-refractivity contribution in [1.82, 2.24) is 0 Å². The van der Waals surface area contributed by atoms with E-state index in [0.717, 1.165) is 12.8 Å². The number of carbonyl (C=O) groups excluding carboxylic acids is 1. The molecule has 0 aromatic carbocycles. The topological polar surface area (TPSA) is 26.3 Å². The Morgan fingerprint density at radius 3 is 2.30 bits per heavy atom. The first-order chi connectivity index (χ1) is 4.70. The minimum Gasteiger partial charge on any atom is -0.465 e. The quantitative estimate of drug-likeness (QED) is 0.561. The summed E-state index contributed by atoms with van der Waals surface area (Å²) in [6.07, 6.45) is 2.12. The van der Waals surface area contributed by atoms with Crippen molar-refractivity contribution in [3.05, 3.63) is 6.92 Å². The van der Waals surface area contributed by atoms with Crippen molar-refractivity contribution in [3.63, 3.8) is 0 Å². The highest BCUT2D eigenvalue weighted by Gasteiger charge is 2.04. The van der Waals surface area contributed by atoms with Crippen LogP contribution in [0.25, 0.3) is 0 Å². The molecule has 2 heteroatoms. The van der Waals surface area contributed by atoms with Crippen LogP contribution in [0.5, 0.6) is 0 Å². The summed E-state index contributed by atoms with van der Waals surface area (Å²) >= 11 is 0. The van der Waals surface area contributed by atoms with Crippen LogP contribution in [0, 0.1) is 12.8 Å². The number of hydrogen-bond donors (Lipinski definition) is 0.